The average molecular weight is 428 g/mol. The van der Waals surface area contributed by atoms with Crippen molar-refractivity contribution in [3.63, 3.8) is 0 Å². The molecule has 0 N–H and O–H groups in total. The third kappa shape index (κ3) is 5.17. The van der Waals surface area contributed by atoms with Crippen molar-refractivity contribution in [3.8, 4) is 11.1 Å². The quantitative estimate of drug-likeness (QED) is 0.508. The summed E-state index contributed by atoms with van der Waals surface area (Å²) in [5.74, 6) is 0.000160. The third-order valence-electron chi connectivity index (χ3n) is 4.92. The molecule has 1 amide bonds. The number of halogens is 1. The van der Waals surface area contributed by atoms with E-state index in [9.17, 15) is 4.79 Å². The number of aryl methyl sites for hydroxylation is 2. The second kappa shape index (κ2) is 9.90. The van der Waals surface area contributed by atoms with Gasteiger partial charge in [0.1, 0.15) is 0 Å². The molecule has 4 rings (SSSR count). The molecule has 1 aliphatic rings. The lowest BCUT2D eigenvalue weighted by Crippen LogP contribution is -2.33. The van der Waals surface area contributed by atoms with Gasteiger partial charge in [0.25, 0.3) is 0 Å². The standard InChI is InChI=1S/C13H16N2.C10H10ClNOS/c1-3-13-12(10-15(4-2)14-13)11-8-6-5-7-9-11;1-2-10(13)12-4-3-7-5-9(11)14-8(7)6-12/h5-10H,3-4H2,1-2H3;2,5H,1,3-4,6H2. The van der Waals surface area contributed by atoms with E-state index >= 15 is 0 Å². The van der Waals surface area contributed by atoms with E-state index in [0.717, 1.165) is 30.3 Å². The Morgan fingerprint density at radius 2 is 2.07 bits per heavy atom. The molecule has 6 heteroatoms. The molecule has 0 saturated carbocycles. The predicted octanol–water partition coefficient (Wildman–Crippen LogP) is 5.60. The summed E-state index contributed by atoms with van der Waals surface area (Å²) in [5.41, 5.74) is 4.99. The van der Waals surface area contributed by atoms with Gasteiger partial charge in [-0.25, -0.2) is 0 Å². The molecule has 0 fully saturated rings. The van der Waals surface area contributed by atoms with Gasteiger partial charge in [0.2, 0.25) is 5.91 Å². The molecule has 0 atom stereocenters. The highest BCUT2D eigenvalue weighted by molar-refractivity contribution is 7.16. The van der Waals surface area contributed by atoms with Crippen molar-refractivity contribution < 1.29 is 4.79 Å². The summed E-state index contributed by atoms with van der Waals surface area (Å²) < 4.78 is 2.81. The molecule has 3 aromatic rings. The lowest BCUT2D eigenvalue weighted by Gasteiger charge is -2.25. The van der Waals surface area contributed by atoms with Crippen LogP contribution in [0, 0.1) is 0 Å². The van der Waals surface area contributed by atoms with Crippen LogP contribution in [0.1, 0.15) is 30.0 Å². The Morgan fingerprint density at radius 3 is 2.72 bits per heavy atom. The van der Waals surface area contributed by atoms with Crippen molar-refractivity contribution in [1.29, 1.82) is 0 Å². The van der Waals surface area contributed by atoms with Gasteiger partial charge in [-0.05, 0) is 43.0 Å². The van der Waals surface area contributed by atoms with E-state index < -0.39 is 0 Å². The first-order valence-corrected chi connectivity index (χ1v) is 11.0. The number of fused-ring (bicyclic) bond motifs is 1. The van der Waals surface area contributed by atoms with Crippen molar-refractivity contribution >= 4 is 28.8 Å². The van der Waals surface area contributed by atoms with E-state index in [-0.39, 0.29) is 5.91 Å². The zero-order valence-electron chi connectivity index (χ0n) is 16.9. The molecule has 1 aromatic carbocycles. The SMILES string of the molecule is C=CC(=O)N1CCc2cc(Cl)sc2C1.CCc1nn(CC)cc1-c1ccccc1. The molecule has 29 heavy (non-hydrogen) atoms. The van der Waals surface area contributed by atoms with Crippen LogP contribution in [0.4, 0.5) is 0 Å². The van der Waals surface area contributed by atoms with Crippen molar-refractivity contribution in [3.05, 3.63) is 75.7 Å². The Morgan fingerprint density at radius 1 is 1.31 bits per heavy atom. The van der Waals surface area contributed by atoms with Gasteiger partial charge in [-0.1, -0.05) is 55.4 Å². The monoisotopic (exact) mass is 427 g/mol. The van der Waals surface area contributed by atoms with E-state index in [4.69, 9.17) is 11.6 Å². The highest BCUT2D eigenvalue weighted by Gasteiger charge is 2.20. The summed E-state index contributed by atoms with van der Waals surface area (Å²) in [7, 11) is 0. The van der Waals surface area contributed by atoms with Crippen LogP contribution in [0.3, 0.4) is 0 Å². The van der Waals surface area contributed by atoms with Gasteiger partial charge in [0.15, 0.2) is 0 Å². The fourth-order valence-corrected chi connectivity index (χ4v) is 4.70. The molecule has 0 saturated heterocycles. The fourth-order valence-electron chi connectivity index (χ4n) is 3.34. The minimum absolute atomic E-state index is 0.000160. The molecular formula is C23H26ClN3OS. The molecular weight excluding hydrogens is 402 g/mol. The van der Waals surface area contributed by atoms with Crippen molar-refractivity contribution in [2.75, 3.05) is 6.54 Å². The normalized spacial score (nSPS) is 12.7. The van der Waals surface area contributed by atoms with Crippen molar-refractivity contribution in [2.45, 2.75) is 39.8 Å². The highest BCUT2D eigenvalue weighted by atomic mass is 35.5. The first-order valence-electron chi connectivity index (χ1n) is 9.85. The minimum Gasteiger partial charge on any atom is -0.334 e. The minimum atomic E-state index is 0.000160. The van der Waals surface area contributed by atoms with Crippen LogP contribution in [0.2, 0.25) is 4.34 Å². The Balaban J connectivity index is 0.000000166. The molecule has 152 valence electrons. The molecule has 0 bridgehead atoms. The molecule has 0 aliphatic carbocycles. The van der Waals surface area contributed by atoms with Gasteiger partial charge in [-0.2, -0.15) is 5.10 Å². The van der Waals surface area contributed by atoms with Gasteiger partial charge in [0.05, 0.1) is 16.6 Å². The number of aromatic nitrogens is 2. The van der Waals surface area contributed by atoms with Gasteiger partial charge in [0, 0.05) is 29.7 Å². The molecule has 0 radical (unpaired) electrons. The zero-order valence-corrected chi connectivity index (χ0v) is 18.5. The van der Waals surface area contributed by atoms with Crippen molar-refractivity contribution in [2.24, 2.45) is 0 Å². The summed E-state index contributed by atoms with van der Waals surface area (Å²) >= 11 is 7.47. The molecule has 4 nitrogen and oxygen atoms in total. The maximum atomic E-state index is 11.4. The Bertz CT molecular complexity index is 977. The Labute approximate surface area is 181 Å². The van der Waals surface area contributed by atoms with Crippen LogP contribution in [0.5, 0.6) is 0 Å². The number of nitrogens with zero attached hydrogens (tertiary/aromatic N) is 3. The second-order valence-corrected chi connectivity index (χ2v) is 8.55. The first-order chi connectivity index (χ1) is 14.0. The summed E-state index contributed by atoms with van der Waals surface area (Å²) in [4.78, 5) is 14.4. The zero-order chi connectivity index (χ0) is 20.8. The van der Waals surface area contributed by atoms with Crippen LogP contribution >= 0.6 is 22.9 Å². The highest BCUT2D eigenvalue weighted by Crippen LogP contribution is 2.31. The van der Waals surface area contributed by atoms with Crippen LogP contribution in [-0.2, 0) is 30.7 Å². The number of amides is 1. The maximum Gasteiger partial charge on any atom is 0.246 e. The number of rotatable bonds is 4. The van der Waals surface area contributed by atoms with E-state index in [1.807, 2.05) is 16.8 Å². The largest absolute Gasteiger partial charge is 0.334 e. The van der Waals surface area contributed by atoms with Gasteiger partial charge >= 0.3 is 0 Å². The number of thiophene rings is 1. The molecule has 2 aromatic heterocycles. The lowest BCUT2D eigenvalue weighted by molar-refractivity contribution is -0.126. The van der Waals surface area contributed by atoms with Crippen LogP contribution in [0.15, 0.2) is 55.3 Å². The van der Waals surface area contributed by atoms with Crippen molar-refractivity contribution in [1.82, 2.24) is 14.7 Å². The number of hydrogen-bond donors (Lipinski definition) is 0. The summed E-state index contributed by atoms with van der Waals surface area (Å²) in [6, 6.07) is 12.4. The maximum absolute atomic E-state index is 11.4. The first kappa shape index (κ1) is 21.3. The smallest absolute Gasteiger partial charge is 0.246 e. The fraction of sp³-hybridized carbons (Fsp3) is 0.304. The van der Waals surface area contributed by atoms with E-state index in [1.54, 1.807) is 16.2 Å². The van der Waals surface area contributed by atoms with E-state index in [2.05, 4.69) is 56.0 Å². The lowest BCUT2D eigenvalue weighted by atomic mass is 10.1. The number of benzene rings is 1. The Kier molecular flexibility index (Phi) is 7.29. The van der Waals surface area contributed by atoms with Crippen LogP contribution in [0.25, 0.3) is 11.1 Å². The molecule has 0 unspecified atom stereocenters. The molecule has 3 heterocycles. The van der Waals surface area contributed by atoms with E-state index in [1.165, 1.54) is 33.3 Å². The Hall–Kier alpha value is -2.37. The van der Waals surface area contributed by atoms with E-state index in [0.29, 0.717) is 6.54 Å². The third-order valence-corrected chi connectivity index (χ3v) is 6.21. The summed E-state index contributed by atoms with van der Waals surface area (Å²) in [5, 5.41) is 4.54. The number of carbonyl (C=O) groups excluding carboxylic acids is 1. The van der Waals surface area contributed by atoms with Crippen LogP contribution < -0.4 is 0 Å². The number of carbonyl (C=O) groups is 1. The second-order valence-electron chi connectivity index (χ2n) is 6.78. The van der Waals surface area contributed by atoms with Gasteiger partial charge in [-0.15, -0.1) is 11.3 Å². The predicted molar refractivity (Wildman–Crippen MR) is 121 cm³/mol. The summed E-state index contributed by atoms with van der Waals surface area (Å²) in [6.07, 6.45) is 5.38. The average Bonchev–Trinajstić information content (AvgIpc) is 3.35. The van der Waals surface area contributed by atoms with Gasteiger partial charge < -0.3 is 4.90 Å². The van der Waals surface area contributed by atoms with Gasteiger partial charge in [-0.3, -0.25) is 9.48 Å². The molecule has 1 aliphatic heterocycles. The van der Waals surface area contributed by atoms with Crippen LogP contribution in [-0.4, -0.2) is 27.1 Å². The number of hydrogen-bond acceptors (Lipinski definition) is 3. The summed E-state index contributed by atoms with van der Waals surface area (Å²) in [6.45, 7) is 10.1. The topological polar surface area (TPSA) is 38.1 Å². The molecule has 0 spiro atoms.